The van der Waals surface area contributed by atoms with Crippen LogP contribution < -0.4 is 10.9 Å². The maximum atomic E-state index is 12.4. The normalized spacial score (nSPS) is 10.7. The lowest BCUT2D eigenvalue weighted by Gasteiger charge is -2.08. The van der Waals surface area contributed by atoms with Gasteiger partial charge >= 0.3 is 0 Å². The molecule has 0 aliphatic heterocycles. The van der Waals surface area contributed by atoms with Gasteiger partial charge in [0.25, 0.3) is 5.56 Å². The summed E-state index contributed by atoms with van der Waals surface area (Å²) in [7, 11) is 0. The monoisotopic (exact) mass is 277 g/mol. The third-order valence-electron chi connectivity index (χ3n) is 3.02. The minimum Gasteiger partial charge on any atom is -0.362 e. The molecule has 0 spiro atoms. The predicted molar refractivity (Wildman–Crippen MR) is 81.0 cm³/mol. The van der Waals surface area contributed by atoms with Crippen LogP contribution >= 0.6 is 11.3 Å². The molecule has 2 aromatic heterocycles. The molecule has 0 radical (unpaired) electrons. The maximum absolute atomic E-state index is 12.4. The topological polar surface area (TPSA) is 46.9 Å². The molecule has 2 aromatic rings. The third-order valence-corrected chi connectivity index (χ3v) is 3.82. The number of nitrogens with zero attached hydrogens (tertiary/aromatic N) is 2. The van der Waals surface area contributed by atoms with Crippen molar-refractivity contribution >= 4 is 16.5 Å². The van der Waals surface area contributed by atoms with Crippen molar-refractivity contribution in [3.8, 4) is 11.3 Å². The number of aromatic nitrogens is 2. The molecule has 2 rings (SSSR count). The molecule has 1 N–H and O–H groups in total. The van der Waals surface area contributed by atoms with Crippen LogP contribution in [0, 0.1) is 6.92 Å². The maximum Gasteiger partial charge on any atom is 0.260 e. The van der Waals surface area contributed by atoms with Gasteiger partial charge < -0.3 is 9.88 Å². The lowest BCUT2D eigenvalue weighted by atomic mass is 10.2. The molecule has 2 heterocycles. The highest BCUT2D eigenvalue weighted by Crippen LogP contribution is 2.22. The zero-order valence-corrected chi connectivity index (χ0v) is 12.4. The first-order valence-electron chi connectivity index (χ1n) is 6.57. The Kier molecular flexibility index (Phi) is 4.37. The first kappa shape index (κ1) is 13.8. The van der Waals surface area contributed by atoms with Gasteiger partial charge in [0.1, 0.15) is 0 Å². The number of anilines is 1. The van der Waals surface area contributed by atoms with Gasteiger partial charge in [-0.05, 0) is 32.4 Å². The Labute approximate surface area is 117 Å². The number of nitrogens with one attached hydrogen (secondary N) is 1. The van der Waals surface area contributed by atoms with E-state index in [1.54, 1.807) is 15.9 Å². The van der Waals surface area contributed by atoms with E-state index in [-0.39, 0.29) is 5.56 Å². The van der Waals surface area contributed by atoms with Gasteiger partial charge in [-0.1, -0.05) is 6.92 Å². The number of aryl methyl sites for hydroxylation is 1. The van der Waals surface area contributed by atoms with Gasteiger partial charge in [0, 0.05) is 24.2 Å². The van der Waals surface area contributed by atoms with Crippen molar-refractivity contribution in [2.45, 2.75) is 33.7 Å². The molecule has 0 fully saturated rings. The standard InChI is InChI=1S/C14H19N3OS/c1-4-8-15-14-16-12(9-19-14)11-7-6-10(3)17(5-2)13(11)18/h6-7,9H,4-5,8H2,1-3H3,(H,15,16). The van der Waals surface area contributed by atoms with E-state index in [2.05, 4.69) is 17.2 Å². The van der Waals surface area contributed by atoms with Crippen LogP contribution in [0.1, 0.15) is 26.0 Å². The summed E-state index contributed by atoms with van der Waals surface area (Å²) in [5.41, 5.74) is 2.45. The van der Waals surface area contributed by atoms with Crippen molar-refractivity contribution in [1.29, 1.82) is 0 Å². The molecule has 0 unspecified atom stereocenters. The van der Waals surface area contributed by atoms with Crippen molar-refractivity contribution in [2.24, 2.45) is 0 Å². The molecule has 4 nitrogen and oxygen atoms in total. The second kappa shape index (κ2) is 6.02. The van der Waals surface area contributed by atoms with Crippen molar-refractivity contribution in [3.05, 3.63) is 33.6 Å². The van der Waals surface area contributed by atoms with Crippen LogP contribution in [0.25, 0.3) is 11.3 Å². The van der Waals surface area contributed by atoms with Crippen molar-refractivity contribution < 1.29 is 0 Å². The zero-order valence-electron chi connectivity index (χ0n) is 11.6. The molecular weight excluding hydrogens is 258 g/mol. The molecule has 0 aliphatic rings. The summed E-state index contributed by atoms with van der Waals surface area (Å²) in [6, 6.07) is 3.83. The van der Waals surface area contributed by atoms with Gasteiger partial charge in [-0.15, -0.1) is 11.3 Å². The van der Waals surface area contributed by atoms with E-state index in [1.165, 1.54) is 0 Å². The van der Waals surface area contributed by atoms with Gasteiger partial charge in [0.15, 0.2) is 5.13 Å². The Bertz CT molecular complexity index is 615. The molecule has 0 saturated carbocycles. The van der Waals surface area contributed by atoms with Crippen LogP contribution in [0.5, 0.6) is 0 Å². The summed E-state index contributed by atoms with van der Waals surface area (Å²) in [5, 5.41) is 6.05. The van der Waals surface area contributed by atoms with E-state index in [0.717, 1.165) is 29.5 Å². The number of hydrogen-bond donors (Lipinski definition) is 1. The highest BCUT2D eigenvalue weighted by Gasteiger charge is 2.10. The van der Waals surface area contributed by atoms with Gasteiger partial charge in [-0.25, -0.2) is 4.98 Å². The highest BCUT2D eigenvalue weighted by atomic mass is 32.1. The van der Waals surface area contributed by atoms with E-state index in [4.69, 9.17) is 0 Å². The average molecular weight is 277 g/mol. The largest absolute Gasteiger partial charge is 0.362 e. The first-order valence-corrected chi connectivity index (χ1v) is 7.45. The van der Waals surface area contributed by atoms with Gasteiger partial charge in [0.2, 0.25) is 0 Å². The number of hydrogen-bond acceptors (Lipinski definition) is 4. The van der Waals surface area contributed by atoms with Crippen LogP contribution in [-0.4, -0.2) is 16.1 Å². The van der Waals surface area contributed by atoms with E-state index >= 15 is 0 Å². The van der Waals surface area contributed by atoms with E-state index in [9.17, 15) is 4.79 Å². The second-order valence-corrected chi connectivity index (χ2v) is 5.26. The number of pyridine rings is 1. The zero-order chi connectivity index (χ0) is 13.8. The molecule has 0 aliphatic carbocycles. The van der Waals surface area contributed by atoms with E-state index in [1.807, 2.05) is 31.4 Å². The van der Waals surface area contributed by atoms with Gasteiger partial charge in [-0.3, -0.25) is 4.79 Å². The fourth-order valence-electron chi connectivity index (χ4n) is 1.97. The number of rotatable bonds is 5. The quantitative estimate of drug-likeness (QED) is 0.913. The minimum atomic E-state index is 0.0369. The molecular formula is C14H19N3OS. The molecule has 0 saturated heterocycles. The molecule has 0 bridgehead atoms. The molecule has 19 heavy (non-hydrogen) atoms. The Morgan fingerprint density at radius 2 is 2.16 bits per heavy atom. The fraction of sp³-hybridized carbons (Fsp3) is 0.429. The lowest BCUT2D eigenvalue weighted by Crippen LogP contribution is -2.22. The summed E-state index contributed by atoms with van der Waals surface area (Å²) >= 11 is 1.54. The molecule has 0 amide bonds. The Morgan fingerprint density at radius 1 is 1.37 bits per heavy atom. The molecule has 0 aromatic carbocycles. The van der Waals surface area contributed by atoms with E-state index < -0.39 is 0 Å². The summed E-state index contributed by atoms with van der Waals surface area (Å²) in [5.74, 6) is 0. The summed E-state index contributed by atoms with van der Waals surface area (Å²) in [6.07, 6.45) is 1.06. The van der Waals surface area contributed by atoms with Crippen molar-refractivity contribution in [3.63, 3.8) is 0 Å². The lowest BCUT2D eigenvalue weighted by molar-refractivity contribution is 0.702. The Balaban J connectivity index is 2.37. The number of thiazole rings is 1. The van der Waals surface area contributed by atoms with Gasteiger partial charge in [0.05, 0.1) is 11.3 Å². The molecule has 0 atom stereocenters. The first-order chi connectivity index (χ1) is 9.17. The highest BCUT2D eigenvalue weighted by molar-refractivity contribution is 7.14. The van der Waals surface area contributed by atoms with Gasteiger partial charge in [-0.2, -0.15) is 0 Å². The van der Waals surface area contributed by atoms with Crippen LogP contribution in [0.2, 0.25) is 0 Å². The Morgan fingerprint density at radius 3 is 2.84 bits per heavy atom. The SMILES string of the molecule is CCCNc1nc(-c2ccc(C)n(CC)c2=O)cs1. The van der Waals surface area contributed by atoms with Crippen LogP contribution in [0.15, 0.2) is 22.3 Å². The minimum absolute atomic E-state index is 0.0369. The average Bonchev–Trinajstić information content (AvgIpc) is 2.85. The van der Waals surface area contributed by atoms with Crippen molar-refractivity contribution in [1.82, 2.24) is 9.55 Å². The second-order valence-electron chi connectivity index (χ2n) is 4.40. The summed E-state index contributed by atoms with van der Waals surface area (Å²) < 4.78 is 1.77. The third kappa shape index (κ3) is 2.87. The fourth-order valence-corrected chi connectivity index (χ4v) is 2.71. The molecule has 102 valence electrons. The predicted octanol–water partition coefficient (Wildman–Crippen LogP) is 3.12. The van der Waals surface area contributed by atoms with Crippen LogP contribution in [0.3, 0.4) is 0 Å². The van der Waals surface area contributed by atoms with E-state index in [0.29, 0.717) is 12.1 Å². The van der Waals surface area contributed by atoms with Crippen molar-refractivity contribution in [2.75, 3.05) is 11.9 Å². The summed E-state index contributed by atoms with van der Waals surface area (Å²) in [4.78, 5) is 16.8. The molecule has 5 heteroatoms. The Hall–Kier alpha value is -1.62. The summed E-state index contributed by atoms with van der Waals surface area (Å²) in [6.45, 7) is 7.63. The van der Waals surface area contributed by atoms with Crippen LogP contribution in [0.4, 0.5) is 5.13 Å². The van der Waals surface area contributed by atoms with Crippen LogP contribution in [-0.2, 0) is 6.54 Å². The smallest absolute Gasteiger partial charge is 0.260 e.